The van der Waals surface area contributed by atoms with E-state index in [0.717, 1.165) is 18.5 Å². The number of nitrogens with zero attached hydrogens (tertiary/aromatic N) is 1. The summed E-state index contributed by atoms with van der Waals surface area (Å²) in [5.74, 6) is 0.632. The van der Waals surface area contributed by atoms with Crippen molar-refractivity contribution in [3.8, 4) is 5.75 Å². The summed E-state index contributed by atoms with van der Waals surface area (Å²) in [6.07, 6.45) is 2.11. The van der Waals surface area contributed by atoms with Gasteiger partial charge in [-0.25, -0.2) is 4.39 Å². The van der Waals surface area contributed by atoms with Gasteiger partial charge in [0.15, 0.2) is 5.58 Å². The van der Waals surface area contributed by atoms with Gasteiger partial charge in [-0.3, -0.25) is 0 Å². The number of fused-ring (bicyclic) bond motifs is 1. The van der Waals surface area contributed by atoms with Crippen molar-refractivity contribution in [2.75, 3.05) is 18.5 Å². The topological polar surface area (TPSA) is 47.3 Å². The van der Waals surface area contributed by atoms with Crippen LogP contribution < -0.4 is 10.1 Å². The third kappa shape index (κ3) is 4.59. The van der Waals surface area contributed by atoms with Crippen LogP contribution in [0.3, 0.4) is 0 Å². The number of benzene rings is 2. The Morgan fingerprint density at radius 2 is 2.08 bits per heavy atom. The molecule has 5 heteroatoms. The maximum Gasteiger partial charge on any atom is 0.295 e. The van der Waals surface area contributed by atoms with Gasteiger partial charge in [0, 0.05) is 12.6 Å². The number of ether oxygens (including phenoxy) is 1. The zero-order valence-corrected chi connectivity index (χ0v) is 14.2. The molecule has 0 radical (unpaired) electrons. The van der Waals surface area contributed by atoms with Crippen molar-refractivity contribution in [2.24, 2.45) is 0 Å². The second-order valence-corrected chi connectivity index (χ2v) is 5.72. The van der Waals surface area contributed by atoms with Gasteiger partial charge in [0.25, 0.3) is 6.01 Å². The summed E-state index contributed by atoms with van der Waals surface area (Å²) in [6, 6.07) is 16.1. The summed E-state index contributed by atoms with van der Waals surface area (Å²) >= 11 is 0. The second kappa shape index (κ2) is 8.33. The Morgan fingerprint density at radius 3 is 2.84 bits per heavy atom. The van der Waals surface area contributed by atoms with E-state index in [9.17, 15) is 4.39 Å². The monoisotopic (exact) mass is 340 g/mol. The van der Waals surface area contributed by atoms with Crippen LogP contribution in [0.25, 0.3) is 11.1 Å². The van der Waals surface area contributed by atoms with E-state index >= 15 is 0 Å². The normalized spacial score (nSPS) is 11.7. The van der Waals surface area contributed by atoms with Crippen molar-refractivity contribution in [1.29, 1.82) is 0 Å². The van der Waals surface area contributed by atoms with Crippen LogP contribution in [0.5, 0.6) is 5.75 Å². The Labute approximate surface area is 146 Å². The van der Waals surface area contributed by atoms with E-state index in [4.69, 9.17) is 9.15 Å². The Balaban J connectivity index is 1.60. The highest BCUT2D eigenvalue weighted by Crippen LogP contribution is 2.24. The molecule has 1 aromatic heterocycles. The molecule has 3 rings (SSSR count). The van der Waals surface area contributed by atoms with Gasteiger partial charge in [-0.2, -0.15) is 4.98 Å². The molecule has 2 aromatic carbocycles. The summed E-state index contributed by atoms with van der Waals surface area (Å²) in [7, 11) is 0. The SMILES string of the molecule is CC/C(=C\F)COc1ccc2nc(NCCc3ccccc3)oc2c1. The van der Waals surface area contributed by atoms with E-state index < -0.39 is 0 Å². The predicted molar refractivity (Wildman–Crippen MR) is 97.6 cm³/mol. The lowest BCUT2D eigenvalue weighted by Crippen LogP contribution is -2.04. The zero-order valence-electron chi connectivity index (χ0n) is 14.2. The Kier molecular flexibility index (Phi) is 5.67. The van der Waals surface area contributed by atoms with Crippen molar-refractivity contribution in [3.63, 3.8) is 0 Å². The highest BCUT2D eigenvalue weighted by Gasteiger charge is 2.07. The molecule has 0 aliphatic rings. The molecule has 0 aliphatic heterocycles. The molecule has 130 valence electrons. The van der Waals surface area contributed by atoms with Crippen LogP contribution in [-0.2, 0) is 6.42 Å². The van der Waals surface area contributed by atoms with E-state index in [2.05, 4.69) is 22.4 Å². The number of hydrogen-bond acceptors (Lipinski definition) is 4. The molecule has 0 aliphatic carbocycles. The predicted octanol–water partition coefficient (Wildman–Crippen LogP) is 5.12. The van der Waals surface area contributed by atoms with Gasteiger partial charge in [-0.05, 0) is 36.1 Å². The van der Waals surface area contributed by atoms with Crippen LogP contribution in [0.1, 0.15) is 18.9 Å². The van der Waals surface area contributed by atoms with Crippen molar-refractivity contribution < 1.29 is 13.5 Å². The molecule has 25 heavy (non-hydrogen) atoms. The maximum absolute atomic E-state index is 12.6. The molecule has 0 fully saturated rings. The Hall–Kier alpha value is -2.82. The van der Waals surface area contributed by atoms with Crippen molar-refractivity contribution in [1.82, 2.24) is 4.98 Å². The van der Waals surface area contributed by atoms with E-state index in [0.29, 0.717) is 35.7 Å². The highest BCUT2D eigenvalue weighted by atomic mass is 19.1. The zero-order chi connectivity index (χ0) is 17.5. The second-order valence-electron chi connectivity index (χ2n) is 5.72. The maximum atomic E-state index is 12.6. The molecule has 3 aromatic rings. The van der Waals surface area contributed by atoms with Crippen molar-refractivity contribution in [3.05, 3.63) is 66.0 Å². The molecule has 0 amide bonds. The highest BCUT2D eigenvalue weighted by molar-refractivity contribution is 5.76. The Morgan fingerprint density at radius 1 is 1.24 bits per heavy atom. The van der Waals surface area contributed by atoms with Gasteiger partial charge in [0.05, 0.1) is 6.33 Å². The average molecular weight is 340 g/mol. The smallest absolute Gasteiger partial charge is 0.295 e. The average Bonchev–Trinajstić information content (AvgIpc) is 3.05. The molecule has 0 unspecified atom stereocenters. The molecule has 0 saturated heterocycles. The lowest BCUT2D eigenvalue weighted by Gasteiger charge is -2.06. The van der Waals surface area contributed by atoms with Gasteiger partial charge in [0.1, 0.15) is 17.9 Å². The minimum absolute atomic E-state index is 0.231. The minimum atomic E-state index is 0.231. The number of nitrogens with one attached hydrogen (secondary N) is 1. The fourth-order valence-electron chi connectivity index (χ4n) is 2.42. The van der Waals surface area contributed by atoms with Crippen LogP contribution >= 0.6 is 0 Å². The number of halogens is 1. The summed E-state index contributed by atoms with van der Waals surface area (Å²) in [5, 5.41) is 3.19. The first-order valence-corrected chi connectivity index (χ1v) is 8.38. The number of hydrogen-bond donors (Lipinski definition) is 1. The molecule has 0 saturated carbocycles. The molecule has 1 heterocycles. The summed E-state index contributed by atoms with van der Waals surface area (Å²) in [6.45, 7) is 2.86. The first kappa shape index (κ1) is 17.0. The van der Waals surface area contributed by atoms with Crippen LogP contribution in [0.2, 0.25) is 0 Å². The lowest BCUT2D eigenvalue weighted by molar-refractivity contribution is 0.345. The van der Waals surface area contributed by atoms with Gasteiger partial charge in [-0.15, -0.1) is 0 Å². The molecule has 4 nitrogen and oxygen atoms in total. The lowest BCUT2D eigenvalue weighted by atomic mass is 10.1. The number of aromatic nitrogens is 1. The molecule has 0 spiro atoms. The summed E-state index contributed by atoms with van der Waals surface area (Å²) in [4.78, 5) is 4.41. The number of oxazole rings is 1. The van der Waals surface area contributed by atoms with Crippen LogP contribution in [-0.4, -0.2) is 18.1 Å². The number of rotatable bonds is 8. The van der Waals surface area contributed by atoms with E-state index in [1.165, 1.54) is 5.56 Å². The summed E-state index contributed by atoms with van der Waals surface area (Å²) < 4.78 is 23.9. The van der Waals surface area contributed by atoms with Gasteiger partial charge in [-0.1, -0.05) is 37.3 Å². The molecule has 0 bridgehead atoms. The fourth-order valence-corrected chi connectivity index (χ4v) is 2.42. The van der Waals surface area contributed by atoms with Crippen molar-refractivity contribution in [2.45, 2.75) is 19.8 Å². The van der Waals surface area contributed by atoms with Gasteiger partial charge >= 0.3 is 0 Å². The van der Waals surface area contributed by atoms with Crippen LogP contribution in [0, 0.1) is 0 Å². The number of anilines is 1. The third-order valence-electron chi connectivity index (χ3n) is 3.93. The molecule has 1 N–H and O–H groups in total. The van der Waals surface area contributed by atoms with Gasteiger partial charge < -0.3 is 14.5 Å². The fraction of sp³-hybridized carbons (Fsp3) is 0.250. The molecular formula is C20H21FN2O2. The van der Waals surface area contributed by atoms with Gasteiger partial charge in [0.2, 0.25) is 0 Å². The molecule has 0 atom stereocenters. The first-order chi connectivity index (χ1) is 12.3. The summed E-state index contributed by atoms with van der Waals surface area (Å²) in [5.41, 5.74) is 3.27. The minimum Gasteiger partial charge on any atom is -0.489 e. The van der Waals surface area contributed by atoms with E-state index in [1.54, 1.807) is 6.07 Å². The standard InChI is InChI=1S/C20H21FN2O2/c1-2-15(13-21)14-24-17-8-9-18-19(12-17)25-20(23-18)22-11-10-16-6-4-3-5-7-16/h3-9,12-13H,2,10-11,14H2,1H3,(H,22,23)/b15-13+. The first-order valence-electron chi connectivity index (χ1n) is 8.38. The van der Waals surface area contributed by atoms with Crippen LogP contribution in [0.15, 0.2) is 64.9 Å². The van der Waals surface area contributed by atoms with Crippen molar-refractivity contribution >= 4 is 17.1 Å². The van der Waals surface area contributed by atoms with E-state index in [1.807, 2.05) is 37.3 Å². The Bertz CT molecular complexity index is 843. The molecular weight excluding hydrogens is 319 g/mol. The van der Waals surface area contributed by atoms with E-state index in [-0.39, 0.29) is 6.61 Å². The largest absolute Gasteiger partial charge is 0.489 e. The third-order valence-corrected chi connectivity index (χ3v) is 3.93. The van der Waals surface area contributed by atoms with Crippen LogP contribution in [0.4, 0.5) is 10.4 Å². The quantitative estimate of drug-likeness (QED) is 0.618.